The van der Waals surface area contributed by atoms with Crippen LogP contribution in [0.2, 0.25) is 0 Å². The molecular weight excluding hydrogens is 392 g/mol. The number of carbonyl (C=O) groups is 2. The quantitative estimate of drug-likeness (QED) is 0.682. The molecule has 2 aliphatic heterocycles. The fourth-order valence-electron chi connectivity index (χ4n) is 3.75. The van der Waals surface area contributed by atoms with Gasteiger partial charge in [0.25, 0.3) is 5.91 Å². The normalized spacial score (nSPS) is 16.8. The lowest BCUT2D eigenvalue weighted by Gasteiger charge is -2.41. The first-order valence-corrected chi connectivity index (χ1v) is 9.62. The van der Waals surface area contributed by atoms with Gasteiger partial charge in [0.2, 0.25) is 0 Å². The van der Waals surface area contributed by atoms with Gasteiger partial charge in [-0.25, -0.2) is 4.79 Å². The third-order valence-electron chi connectivity index (χ3n) is 5.11. The fourth-order valence-corrected chi connectivity index (χ4v) is 3.75. The lowest BCUT2D eigenvalue weighted by Crippen LogP contribution is -2.60. The number of carbonyl (C=O) groups excluding carboxylic acids is 2. The third kappa shape index (κ3) is 3.36. The van der Waals surface area contributed by atoms with Crippen LogP contribution in [0.4, 0.5) is 16.2 Å². The van der Waals surface area contributed by atoms with Crippen molar-refractivity contribution in [2.75, 3.05) is 4.90 Å². The lowest BCUT2D eigenvalue weighted by molar-refractivity contribution is -0.117. The number of nitrogens with zero attached hydrogens (tertiary/aromatic N) is 2. The van der Waals surface area contributed by atoms with E-state index < -0.39 is 18.1 Å². The van der Waals surface area contributed by atoms with Crippen molar-refractivity contribution in [1.29, 1.82) is 5.26 Å². The van der Waals surface area contributed by atoms with Crippen molar-refractivity contribution in [1.82, 2.24) is 10.6 Å². The number of fused-ring (bicyclic) bond motifs is 2. The molecule has 1 fully saturated rings. The van der Waals surface area contributed by atoms with Crippen molar-refractivity contribution in [3.05, 3.63) is 89.5 Å². The SMILES string of the molecule is N#Cc1ccc2c(c1)N(c1cccc(Oc3ccccc3)c1)C1NC(=O)NC(=O)C1=C2. The molecule has 31 heavy (non-hydrogen) atoms. The molecule has 5 rings (SSSR count). The highest BCUT2D eigenvalue weighted by Gasteiger charge is 2.38. The highest BCUT2D eigenvalue weighted by Crippen LogP contribution is 2.40. The molecular formula is C24H16N4O3. The smallest absolute Gasteiger partial charge is 0.323 e. The van der Waals surface area contributed by atoms with E-state index in [2.05, 4.69) is 16.7 Å². The second-order valence-electron chi connectivity index (χ2n) is 7.10. The maximum atomic E-state index is 12.5. The summed E-state index contributed by atoms with van der Waals surface area (Å²) in [5, 5.41) is 14.5. The van der Waals surface area contributed by atoms with Crippen LogP contribution in [-0.4, -0.2) is 18.1 Å². The molecule has 0 saturated carbocycles. The second kappa shape index (κ2) is 7.35. The van der Waals surface area contributed by atoms with Gasteiger partial charge in [-0.3, -0.25) is 10.1 Å². The Balaban J connectivity index is 1.62. The molecule has 7 heteroatoms. The molecule has 7 nitrogen and oxygen atoms in total. The highest BCUT2D eigenvalue weighted by molar-refractivity contribution is 6.12. The predicted octanol–water partition coefficient (Wildman–Crippen LogP) is 4.05. The molecule has 2 aliphatic rings. The Bertz CT molecular complexity index is 1280. The van der Waals surface area contributed by atoms with E-state index in [0.717, 1.165) is 5.56 Å². The summed E-state index contributed by atoms with van der Waals surface area (Å²) in [4.78, 5) is 26.4. The van der Waals surface area contributed by atoms with Gasteiger partial charge in [0, 0.05) is 11.8 Å². The van der Waals surface area contributed by atoms with Crippen molar-refractivity contribution < 1.29 is 14.3 Å². The van der Waals surface area contributed by atoms with E-state index in [1.54, 1.807) is 24.3 Å². The highest BCUT2D eigenvalue weighted by atomic mass is 16.5. The largest absolute Gasteiger partial charge is 0.457 e. The molecule has 2 N–H and O–H groups in total. The first-order chi connectivity index (χ1) is 15.1. The van der Waals surface area contributed by atoms with Gasteiger partial charge >= 0.3 is 6.03 Å². The first kappa shape index (κ1) is 18.5. The van der Waals surface area contributed by atoms with Crippen LogP contribution in [-0.2, 0) is 4.79 Å². The second-order valence-corrected chi connectivity index (χ2v) is 7.10. The minimum atomic E-state index is -0.713. The minimum Gasteiger partial charge on any atom is -0.457 e. The molecule has 2 heterocycles. The fraction of sp³-hybridized carbons (Fsp3) is 0.0417. The Kier molecular flexibility index (Phi) is 4.38. The summed E-state index contributed by atoms with van der Waals surface area (Å²) >= 11 is 0. The summed E-state index contributed by atoms with van der Waals surface area (Å²) in [6.45, 7) is 0. The van der Waals surface area contributed by atoms with Gasteiger partial charge in [-0.2, -0.15) is 5.26 Å². The number of para-hydroxylation sites is 1. The molecule has 3 aromatic rings. The molecule has 1 unspecified atom stereocenters. The first-order valence-electron chi connectivity index (χ1n) is 9.62. The van der Waals surface area contributed by atoms with E-state index in [0.29, 0.717) is 34.0 Å². The molecule has 150 valence electrons. The summed E-state index contributed by atoms with van der Waals surface area (Å²) in [6.07, 6.45) is 1.02. The average molecular weight is 408 g/mol. The van der Waals surface area contributed by atoms with Crippen LogP contribution in [0.15, 0.2) is 78.4 Å². The molecule has 3 amide bonds. The zero-order valence-electron chi connectivity index (χ0n) is 16.2. The van der Waals surface area contributed by atoms with Gasteiger partial charge in [0.05, 0.1) is 22.9 Å². The number of imide groups is 1. The van der Waals surface area contributed by atoms with Gasteiger partial charge in [-0.1, -0.05) is 30.3 Å². The summed E-state index contributed by atoms with van der Waals surface area (Å²) in [5.74, 6) is 0.839. The molecule has 0 aliphatic carbocycles. The van der Waals surface area contributed by atoms with Crippen molar-refractivity contribution in [2.45, 2.75) is 6.17 Å². The Hall–Kier alpha value is -4.57. The standard InChI is InChI=1S/C24H16N4O3/c25-14-15-9-10-16-12-20-22(26-24(30)27-23(20)29)28(21(16)11-15)17-5-4-8-19(13-17)31-18-6-2-1-3-7-18/h1-13,22H,(H2,26,27,29,30). The number of benzene rings is 3. The third-order valence-corrected chi connectivity index (χ3v) is 5.11. The monoisotopic (exact) mass is 408 g/mol. The number of nitriles is 1. The maximum Gasteiger partial charge on any atom is 0.323 e. The Morgan fingerprint density at radius 2 is 1.74 bits per heavy atom. The van der Waals surface area contributed by atoms with Crippen molar-refractivity contribution >= 4 is 29.4 Å². The Labute approximate surface area is 178 Å². The average Bonchev–Trinajstić information content (AvgIpc) is 2.78. The van der Waals surface area contributed by atoms with Gasteiger partial charge in [0.1, 0.15) is 17.7 Å². The van der Waals surface area contributed by atoms with Gasteiger partial charge in [-0.05, 0) is 48.0 Å². The number of urea groups is 1. The van der Waals surface area contributed by atoms with Gasteiger partial charge in [0.15, 0.2) is 0 Å². The minimum absolute atomic E-state index is 0.409. The number of nitrogens with one attached hydrogen (secondary N) is 2. The molecule has 1 atom stereocenters. The van der Waals surface area contributed by atoms with Crippen molar-refractivity contribution in [3.8, 4) is 17.6 Å². The summed E-state index contributed by atoms with van der Waals surface area (Å²) < 4.78 is 5.96. The molecule has 0 radical (unpaired) electrons. The van der Waals surface area contributed by atoms with Crippen LogP contribution in [0.1, 0.15) is 11.1 Å². The predicted molar refractivity (Wildman–Crippen MR) is 115 cm³/mol. The molecule has 0 bridgehead atoms. The number of rotatable bonds is 3. The van der Waals surface area contributed by atoms with Crippen molar-refractivity contribution in [3.63, 3.8) is 0 Å². The Morgan fingerprint density at radius 1 is 0.935 bits per heavy atom. The summed E-state index contributed by atoms with van der Waals surface area (Å²) in [5.41, 5.74) is 3.07. The number of anilines is 2. The van der Waals surface area contributed by atoms with Crippen LogP contribution in [0.25, 0.3) is 6.08 Å². The summed E-state index contributed by atoms with van der Waals surface area (Å²) in [6, 6.07) is 23.5. The van der Waals surface area contributed by atoms with E-state index >= 15 is 0 Å². The van der Waals surface area contributed by atoms with E-state index in [9.17, 15) is 14.9 Å². The topological polar surface area (TPSA) is 94.5 Å². The molecule has 0 aromatic heterocycles. The number of hydrogen-bond donors (Lipinski definition) is 2. The molecule has 1 saturated heterocycles. The van der Waals surface area contributed by atoms with Crippen LogP contribution >= 0.6 is 0 Å². The van der Waals surface area contributed by atoms with Crippen LogP contribution in [0.5, 0.6) is 11.5 Å². The number of amides is 3. The van der Waals surface area contributed by atoms with Crippen molar-refractivity contribution in [2.24, 2.45) is 0 Å². The summed E-state index contributed by atoms with van der Waals surface area (Å²) in [7, 11) is 0. The Morgan fingerprint density at radius 3 is 2.55 bits per heavy atom. The molecule has 0 spiro atoms. The van der Waals surface area contributed by atoms with E-state index in [-0.39, 0.29) is 0 Å². The van der Waals surface area contributed by atoms with E-state index in [4.69, 9.17) is 4.74 Å². The van der Waals surface area contributed by atoms with E-state index in [1.807, 2.05) is 59.5 Å². The van der Waals surface area contributed by atoms with Crippen LogP contribution in [0, 0.1) is 11.3 Å². The zero-order valence-corrected chi connectivity index (χ0v) is 16.2. The van der Waals surface area contributed by atoms with Gasteiger partial charge < -0.3 is 15.0 Å². The van der Waals surface area contributed by atoms with E-state index in [1.165, 1.54) is 0 Å². The van der Waals surface area contributed by atoms with Crippen LogP contribution in [0.3, 0.4) is 0 Å². The van der Waals surface area contributed by atoms with Crippen LogP contribution < -0.4 is 20.3 Å². The lowest BCUT2D eigenvalue weighted by atomic mass is 9.95. The number of hydrogen-bond acceptors (Lipinski definition) is 5. The maximum absolute atomic E-state index is 12.5. The molecule has 3 aromatic carbocycles. The number of ether oxygens (including phenoxy) is 1. The van der Waals surface area contributed by atoms with Gasteiger partial charge in [-0.15, -0.1) is 0 Å². The zero-order chi connectivity index (χ0) is 21.4.